The summed E-state index contributed by atoms with van der Waals surface area (Å²) in [5.74, 6) is 0.528. The van der Waals surface area contributed by atoms with Crippen LogP contribution in [0.25, 0.3) is 0 Å². The first kappa shape index (κ1) is 28.1. The van der Waals surface area contributed by atoms with E-state index in [9.17, 15) is 9.59 Å². The molecule has 0 saturated heterocycles. The molecule has 33 heavy (non-hydrogen) atoms. The summed E-state index contributed by atoms with van der Waals surface area (Å²) < 4.78 is 0. The van der Waals surface area contributed by atoms with Crippen LogP contribution in [0, 0.1) is 0 Å². The summed E-state index contributed by atoms with van der Waals surface area (Å²) in [6.45, 7) is 6.11. The highest BCUT2D eigenvalue weighted by atomic mass is 35.5. The standard InChI is InChI=1S/C24H28Cl4N2O2S/c1-4-15(3)29-24(32)22(5-2)30(12-16-6-8-18(25)20(27)10-16)23(31)14-33-13-17-7-9-19(26)21(28)11-17/h6-11,15,22H,4-5,12-14H2,1-3H3,(H,29,32)/t15-,22-/m0/s1. The average molecular weight is 550 g/mol. The third-order valence-corrected chi connectivity index (χ3v) is 7.67. The number of nitrogens with one attached hydrogen (secondary N) is 1. The number of carbonyl (C=O) groups excluding carboxylic acids is 2. The minimum absolute atomic E-state index is 0.0255. The van der Waals surface area contributed by atoms with E-state index in [1.165, 1.54) is 11.8 Å². The molecule has 0 aliphatic rings. The summed E-state index contributed by atoms with van der Waals surface area (Å²) >= 11 is 25.7. The summed E-state index contributed by atoms with van der Waals surface area (Å²) in [6, 6.07) is 10.1. The van der Waals surface area contributed by atoms with Crippen molar-refractivity contribution in [2.75, 3.05) is 5.75 Å². The molecule has 2 rings (SSSR count). The molecule has 0 saturated carbocycles. The molecule has 4 nitrogen and oxygen atoms in total. The maximum atomic E-state index is 13.3. The second-order valence-electron chi connectivity index (χ2n) is 7.75. The summed E-state index contributed by atoms with van der Waals surface area (Å²) in [4.78, 5) is 27.9. The van der Waals surface area contributed by atoms with Gasteiger partial charge in [0, 0.05) is 18.3 Å². The van der Waals surface area contributed by atoms with Gasteiger partial charge >= 0.3 is 0 Å². The second kappa shape index (κ2) is 13.7. The Hall–Kier alpha value is -1.11. The molecule has 0 spiro atoms. The average Bonchev–Trinajstić information content (AvgIpc) is 2.78. The van der Waals surface area contributed by atoms with Crippen LogP contribution in [0.5, 0.6) is 0 Å². The maximum absolute atomic E-state index is 13.3. The Labute approximate surface area is 220 Å². The van der Waals surface area contributed by atoms with Crippen LogP contribution in [-0.2, 0) is 21.9 Å². The van der Waals surface area contributed by atoms with Crippen molar-refractivity contribution in [3.63, 3.8) is 0 Å². The summed E-state index contributed by atoms with van der Waals surface area (Å²) in [6.07, 6.45) is 1.30. The van der Waals surface area contributed by atoms with Gasteiger partial charge in [-0.25, -0.2) is 0 Å². The first-order valence-corrected chi connectivity index (χ1v) is 13.4. The number of carbonyl (C=O) groups is 2. The SMILES string of the molecule is CC[C@H](C)NC(=O)[C@H](CC)N(Cc1ccc(Cl)c(Cl)c1)C(=O)CSCc1ccc(Cl)c(Cl)c1. The van der Waals surface area contributed by atoms with Crippen molar-refractivity contribution in [3.8, 4) is 0 Å². The summed E-state index contributed by atoms with van der Waals surface area (Å²) in [7, 11) is 0. The molecule has 0 aliphatic carbocycles. The van der Waals surface area contributed by atoms with Crippen molar-refractivity contribution >= 4 is 70.0 Å². The van der Waals surface area contributed by atoms with Gasteiger partial charge in [0.05, 0.1) is 25.8 Å². The van der Waals surface area contributed by atoms with Crippen molar-refractivity contribution in [1.29, 1.82) is 0 Å². The van der Waals surface area contributed by atoms with Crippen LogP contribution >= 0.6 is 58.2 Å². The van der Waals surface area contributed by atoms with Gasteiger partial charge in [0.1, 0.15) is 6.04 Å². The fourth-order valence-corrected chi connectivity index (χ4v) is 4.66. The highest BCUT2D eigenvalue weighted by molar-refractivity contribution is 7.99. The van der Waals surface area contributed by atoms with E-state index in [4.69, 9.17) is 46.4 Å². The van der Waals surface area contributed by atoms with Crippen LogP contribution in [0.3, 0.4) is 0 Å². The number of thioether (sulfide) groups is 1. The van der Waals surface area contributed by atoms with E-state index in [0.29, 0.717) is 32.3 Å². The lowest BCUT2D eigenvalue weighted by atomic mass is 10.1. The highest BCUT2D eigenvalue weighted by Gasteiger charge is 2.29. The molecule has 0 fully saturated rings. The molecule has 0 bridgehead atoms. The number of benzene rings is 2. The Morgan fingerprint density at radius 2 is 1.48 bits per heavy atom. The third kappa shape index (κ3) is 8.56. The largest absolute Gasteiger partial charge is 0.352 e. The number of rotatable bonds is 11. The van der Waals surface area contributed by atoms with Crippen molar-refractivity contribution < 1.29 is 9.59 Å². The lowest BCUT2D eigenvalue weighted by molar-refractivity contribution is -0.139. The molecule has 0 heterocycles. The molecule has 2 atom stereocenters. The van der Waals surface area contributed by atoms with Gasteiger partial charge in [0.25, 0.3) is 0 Å². The topological polar surface area (TPSA) is 49.4 Å². The molecule has 0 unspecified atom stereocenters. The lowest BCUT2D eigenvalue weighted by Gasteiger charge is -2.31. The molecule has 0 aliphatic heterocycles. The van der Waals surface area contributed by atoms with Crippen LogP contribution in [0.1, 0.15) is 44.7 Å². The van der Waals surface area contributed by atoms with E-state index in [-0.39, 0.29) is 30.2 Å². The zero-order valence-corrected chi connectivity index (χ0v) is 22.7. The number of nitrogens with zero attached hydrogens (tertiary/aromatic N) is 1. The van der Waals surface area contributed by atoms with E-state index < -0.39 is 6.04 Å². The van der Waals surface area contributed by atoms with Gasteiger partial charge in [0.2, 0.25) is 11.8 Å². The maximum Gasteiger partial charge on any atom is 0.243 e. The second-order valence-corrected chi connectivity index (χ2v) is 10.4. The predicted octanol–water partition coefficient (Wildman–Crippen LogP) is 7.26. The normalized spacial score (nSPS) is 12.8. The first-order chi connectivity index (χ1) is 15.7. The number of hydrogen-bond acceptors (Lipinski definition) is 3. The molecule has 2 amide bonds. The third-order valence-electron chi connectivity index (χ3n) is 5.20. The van der Waals surface area contributed by atoms with E-state index in [1.807, 2.05) is 32.9 Å². The Balaban J connectivity index is 2.17. The van der Waals surface area contributed by atoms with E-state index in [0.717, 1.165) is 17.5 Å². The molecule has 9 heteroatoms. The molecule has 1 N–H and O–H groups in total. The Kier molecular flexibility index (Phi) is 11.7. The minimum atomic E-state index is -0.591. The Morgan fingerprint density at radius 1 is 0.909 bits per heavy atom. The fraction of sp³-hybridized carbons (Fsp3) is 0.417. The van der Waals surface area contributed by atoms with Crippen molar-refractivity contribution in [2.24, 2.45) is 0 Å². The fourth-order valence-electron chi connectivity index (χ4n) is 3.16. The smallest absolute Gasteiger partial charge is 0.243 e. The zero-order chi connectivity index (χ0) is 24.5. The van der Waals surface area contributed by atoms with Crippen LogP contribution in [0.15, 0.2) is 36.4 Å². The van der Waals surface area contributed by atoms with Gasteiger partial charge < -0.3 is 10.2 Å². The van der Waals surface area contributed by atoms with Gasteiger partial charge in [-0.05, 0) is 55.2 Å². The van der Waals surface area contributed by atoms with Gasteiger partial charge in [-0.15, -0.1) is 11.8 Å². The van der Waals surface area contributed by atoms with E-state index in [1.54, 1.807) is 29.2 Å². The van der Waals surface area contributed by atoms with Crippen LogP contribution in [0.2, 0.25) is 20.1 Å². The lowest BCUT2D eigenvalue weighted by Crippen LogP contribution is -2.51. The quantitative estimate of drug-likeness (QED) is 0.321. The molecular formula is C24H28Cl4N2O2S. The Morgan fingerprint density at radius 3 is 2.03 bits per heavy atom. The van der Waals surface area contributed by atoms with Crippen LogP contribution in [0.4, 0.5) is 0 Å². The Bertz CT molecular complexity index is 973. The van der Waals surface area contributed by atoms with E-state index in [2.05, 4.69) is 5.32 Å². The summed E-state index contributed by atoms with van der Waals surface area (Å²) in [5.41, 5.74) is 1.78. The van der Waals surface area contributed by atoms with Gasteiger partial charge in [-0.2, -0.15) is 0 Å². The van der Waals surface area contributed by atoms with Crippen molar-refractivity contribution in [2.45, 2.75) is 58.0 Å². The van der Waals surface area contributed by atoms with Crippen molar-refractivity contribution in [3.05, 3.63) is 67.6 Å². The van der Waals surface area contributed by atoms with Gasteiger partial charge in [-0.3, -0.25) is 9.59 Å². The van der Waals surface area contributed by atoms with Crippen LogP contribution < -0.4 is 5.32 Å². The molecule has 0 aromatic heterocycles. The molecule has 0 radical (unpaired) electrons. The summed E-state index contributed by atoms with van der Waals surface area (Å²) in [5, 5.41) is 4.83. The molecular weight excluding hydrogens is 522 g/mol. The predicted molar refractivity (Wildman–Crippen MR) is 142 cm³/mol. The molecule has 2 aromatic carbocycles. The molecule has 180 valence electrons. The van der Waals surface area contributed by atoms with Crippen LogP contribution in [-0.4, -0.2) is 34.6 Å². The number of amides is 2. The van der Waals surface area contributed by atoms with E-state index >= 15 is 0 Å². The van der Waals surface area contributed by atoms with Crippen molar-refractivity contribution in [1.82, 2.24) is 10.2 Å². The highest BCUT2D eigenvalue weighted by Crippen LogP contribution is 2.26. The minimum Gasteiger partial charge on any atom is -0.352 e. The number of hydrogen-bond donors (Lipinski definition) is 1. The zero-order valence-electron chi connectivity index (χ0n) is 18.8. The number of halogens is 4. The first-order valence-electron chi connectivity index (χ1n) is 10.7. The van der Waals surface area contributed by atoms with Gasteiger partial charge in [0.15, 0.2) is 0 Å². The van der Waals surface area contributed by atoms with Gasteiger partial charge in [-0.1, -0.05) is 72.4 Å². The molecule has 2 aromatic rings. The monoisotopic (exact) mass is 548 g/mol.